The van der Waals surface area contributed by atoms with Gasteiger partial charge >= 0.3 is 5.97 Å². The van der Waals surface area contributed by atoms with E-state index < -0.39 is 0 Å². The summed E-state index contributed by atoms with van der Waals surface area (Å²) < 4.78 is 8.45. The van der Waals surface area contributed by atoms with Gasteiger partial charge in [-0.25, -0.2) is 4.79 Å². The van der Waals surface area contributed by atoms with E-state index in [-0.39, 0.29) is 5.97 Å². The fourth-order valence-corrected chi connectivity index (χ4v) is 4.28. The summed E-state index contributed by atoms with van der Waals surface area (Å²) in [5.74, 6) is -0.242. The predicted molar refractivity (Wildman–Crippen MR) is 112 cm³/mol. The zero-order valence-electron chi connectivity index (χ0n) is 11.7. The summed E-state index contributed by atoms with van der Waals surface area (Å²) in [6.45, 7) is 2.08. The molecule has 0 saturated heterocycles. The lowest BCUT2D eigenvalue weighted by molar-refractivity contribution is -0.671. The Kier molecular flexibility index (Phi) is 7.84. The molecule has 22 heavy (non-hydrogen) atoms. The monoisotopic (exact) mass is 634 g/mol. The van der Waals surface area contributed by atoms with E-state index in [0.29, 0.717) is 12.2 Å². The molecule has 0 radical (unpaired) electrons. The minimum atomic E-state index is -0.242. The third kappa shape index (κ3) is 5.60. The molecule has 0 aliphatic rings. The number of ether oxygens (including phenoxy) is 1. The van der Waals surface area contributed by atoms with Crippen LogP contribution in [0.15, 0.2) is 42.5 Å². The van der Waals surface area contributed by atoms with Gasteiger partial charge in [-0.05, 0) is 79.9 Å². The molecule has 0 aliphatic heterocycles. The fraction of sp³-hybridized carbons (Fsp3) is 0.188. The van der Waals surface area contributed by atoms with Crippen molar-refractivity contribution in [2.45, 2.75) is 6.54 Å². The lowest BCUT2D eigenvalue weighted by Crippen LogP contribution is -2.83. The molecule has 6 heteroatoms. The standard InChI is InChI=1S/C16H14I3NO2/c17-12-8-13(15(19)14(18)9-12)16(21)22-7-6-20-10-11-4-2-1-3-5-11/h1-5,8-9,20H,6-7,10H2/p+1. The third-order valence-electron chi connectivity index (χ3n) is 2.99. The highest BCUT2D eigenvalue weighted by atomic mass is 127. The van der Waals surface area contributed by atoms with Gasteiger partial charge in [0.2, 0.25) is 0 Å². The zero-order valence-corrected chi connectivity index (χ0v) is 18.2. The van der Waals surface area contributed by atoms with Gasteiger partial charge in [-0.3, -0.25) is 0 Å². The molecule has 0 amide bonds. The molecule has 2 rings (SSSR count). The number of hydrogen-bond acceptors (Lipinski definition) is 2. The van der Waals surface area contributed by atoms with Crippen molar-refractivity contribution in [2.24, 2.45) is 0 Å². The molecule has 0 bridgehead atoms. The molecule has 0 atom stereocenters. The highest BCUT2D eigenvalue weighted by molar-refractivity contribution is 14.1. The van der Waals surface area contributed by atoms with E-state index in [1.165, 1.54) is 5.56 Å². The summed E-state index contributed by atoms with van der Waals surface area (Å²) in [5, 5.41) is 2.14. The van der Waals surface area contributed by atoms with Crippen LogP contribution in [0, 0.1) is 10.7 Å². The average Bonchev–Trinajstić information content (AvgIpc) is 2.51. The van der Waals surface area contributed by atoms with E-state index in [9.17, 15) is 4.79 Å². The number of carbonyl (C=O) groups is 1. The number of halogens is 3. The van der Waals surface area contributed by atoms with Crippen molar-refractivity contribution in [1.29, 1.82) is 0 Å². The predicted octanol–water partition coefficient (Wildman–Crippen LogP) is 3.42. The highest BCUT2D eigenvalue weighted by Crippen LogP contribution is 2.23. The number of nitrogens with two attached hydrogens (primary N) is 1. The first-order valence-corrected chi connectivity index (χ1v) is 9.99. The van der Waals surface area contributed by atoms with Crippen LogP contribution >= 0.6 is 67.8 Å². The Bertz CT molecular complexity index is 647. The van der Waals surface area contributed by atoms with E-state index in [4.69, 9.17) is 4.74 Å². The molecular formula is C16H15I3NO2+. The fourth-order valence-electron chi connectivity index (χ4n) is 1.90. The Labute approximate surface area is 171 Å². The maximum Gasteiger partial charge on any atom is 0.339 e. The van der Waals surface area contributed by atoms with E-state index >= 15 is 0 Å². The van der Waals surface area contributed by atoms with Crippen LogP contribution in [0.1, 0.15) is 15.9 Å². The molecule has 0 spiro atoms. The topological polar surface area (TPSA) is 42.9 Å². The van der Waals surface area contributed by atoms with Crippen molar-refractivity contribution >= 4 is 73.7 Å². The van der Waals surface area contributed by atoms with Gasteiger partial charge in [0.1, 0.15) is 19.7 Å². The van der Waals surface area contributed by atoms with E-state index in [1.54, 1.807) is 0 Å². The van der Waals surface area contributed by atoms with Crippen molar-refractivity contribution in [2.75, 3.05) is 13.2 Å². The SMILES string of the molecule is O=C(OCC[NH2+]Cc1ccccc1)c1cc(I)cc(I)c1I. The van der Waals surface area contributed by atoms with E-state index in [0.717, 1.165) is 23.8 Å². The van der Waals surface area contributed by atoms with Gasteiger partial charge in [0, 0.05) is 16.3 Å². The van der Waals surface area contributed by atoms with Gasteiger partial charge < -0.3 is 10.1 Å². The molecular weight excluding hydrogens is 619 g/mol. The number of benzene rings is 2. The van der Waals surface area contributed by atoms with E-state index in [2.05, 4.69) is 85.2 Å². The van der Waals surface area contributed by atoms with Crippen LogP contribution in [0.3, 0.4) is 0 Å². The number of esters is 1. The number of hydrogen-bond donors (Lipinski definition) is 1. The average molecular weight is 634 g/mol. The van der Waals surface area contributed by atoms with Gasteiger partial charge in [0.15, 0.2) is 0 Å². The summed E-state index contributed by atoms with van der Waals surface area (Å²) in [6, 6.07) is 14.2. The van der Waals surface area contributed by atoms with Gasteiger partial charge in [0.25, 0.3) is 0 Å². The Morgan fingerprint density at radius 3 is 2.55 bits per heavy atom. The molecule has 2 N–H and O–H groups in total. The molecule has 0 unspecified atom stereocenters. The first kappa shape index (κ1) is 18.4. The van der Waals surface area contributed by atoms with Crippen molar-refractivity contribution in [1.82, 2.24) is 0 Å². The third-order valence-corrected chi connectivity index (χ3v) is 6.66. The lowest BCUT2D eigenvalue weighted by Gasteiger charge is -2.08. The summed E-state index contributed by atoms with van der Waals surface area (Å²) >= 11 is 6.65. The van der Waals surface area contributed by atoms with Gasteiger partial charge in [0.05, 0.1) is 5.56 Å². The molecule has 0 saturated carbocycles. The second-order valence-corrected chi connectivity index (χ2v) is 8.14. The molecule has 2 aromatic rings. The Morgan fingerprint density at radius 1 is 1.09 bits per heavy atom. The molecule has 2 aromatic carbocycles. The molecule has 0 fully saturated rings. The smallest absolute Gasteiger partial charge is 0.339 e. The molecule has 3 nitrogen and oxygen atoms in total. The number of quaternary nitrogens is 1. The van der Waals surface area contributed by atoms with Gasteiger partial charge in [-0.2, -0.15) is 0 Å². The van der Waals surface area contributed by atoms with Crippen LogP contribution in [-0.4, -0.2) is 19.1 Å². The summed E-state index contributed by atoms with van der Waals surface area (Å²) in [4.78, 5) is 12.2. The minimum absolute atomic E-state index is 0.242. The number of rotatable bonds is 6. The zero-order chi connectivity index (χ0) is 15.9. The maximum atomic E-state index is 12.2. The first-order valence-electron chi connectivity index (χ1n) is 6.75. The van der Waals surface area contributed by atoms with Crippen LogP contribution in [0.25, 0.3) is 0 Å². The van der Waals surface area contributed by atoms with Gasteiger partial charge in [-0.15, -0.1) is 0 Å². The summed E-state index contributed by atoms with van der Waals surface area (Å²) in [5.41, 5.74) is 1.93. The largest absolute Gasteiger partial charge is 0.456 e. The summed E-state index contributed by atoms with van der Waals surface area (Å²) in [7, 11) is 0. The Hall–Kier alpha value is 0.0600. The Morgan fingerprint density at radius 2 is 1.82 bits per heavy atom. The second kappa shape index (κ2) is 9.38. The van der Waals surface area contributed by atoms with E-state index in [1.807, 2.05) is 30.3 Å². The first-order chi connectivity index (χ1) is 10.6. The summed E-state index contributed by atoms with van der Waals surface area (Å²) in [6.07, 6.45) is 0. The molecule has 0 aliphatic carbocycles. The van der Waals surface area contributed by atoms with Crippen LogP contribution in [0.5, 0.6) is 0 Å². The van der Waals surface area contributed by atoms with Crippen molar-refractivity contribution in [3.8, 4) is 0 Å². The van der Waals surface area contributed by atoms with Crippen LogP contribution < -0.4 is 5.32 Å². The molecule has 116 valence electrons. The normalized spacial score (nSPS) is 10.5. The van der Waals surface area contributed by atoms with Gasteiger partial charge in [-0.1, -0.05) is 30.3 Å². The van der Waals surface area contributed by atoms with Crippen LogP contribution in [0.4, 0.5) is 0 Å². The molecule has 0 heterocycles. The second-order valence-electron chi connectivity index (χ2n) is 4.65. The minimum Gasteiger partial charge on any atom is -0.456 e. The number of carbonyl (C=O) groups excluding carboxylic acids is 1. The van der Waals surface area contributed by atoms with Crippen molar-refractivity contribution in [3.63, 3.8) is 0 Å². The van der Waals surface area contributed by atoms with Crippen LogP contribution in [0.2, 0.25) is 0 Å². The van der Waals surface area contributed by atoms with Crippen molar-refractivity contribution < 1.29 is 14.8 Å². The lowest BCUT2D eigenvalue weighted by atomic mass is 10.2. The molecule has 0 aromatic heterocycles. The van der Waals surface area contributed by atoms with Crippen molar-refractivity contribution in [3.05, 3.63) is 64.3 Å². The quantitative estimate of drug-likeness (QED) is 0.230. The maximum absolute atomic E-state index is 12.2. The Balaban J connectivity index is 1.79. The highest BCUT2D eigenvalue weighted by Gasteiger charge is 2.15. The van der Waals surface area contributed by atoms with Crippen LogP contribution in [-0.2, 0) is 11.3 Å².